The molecule has 0 N–H and O–H groups in total. The second kappa shape index (κ2) is 5.99. The van der Waals surface area contributed by atoms with Crippen molar-refractivity contribution in [1.29, 1.82) is 0 Å². The van der Waals surface area contributed by atoms with E-state index in [1.807, 2.05) is 6.92 Å². The van der Waals surface area contributed by atoms with Crippen LogP contribution in [0.25, 0.3) is 22.9 Å². The van der Waals surface area contributed by atoms with Crippen LogP contribution in [0.4, 0.5) is 13.2 Å². The van der Waals surface area contributed by atoms with Crippen molar-refractivity contribution in [2.75, 3.05) is 6.61 Å². The number of aromatic nitrogens is 4. The Labute approximate surface area is 134 Å². The molecule has 3 rings (SSSR count). The summed E-state index contributed by atoms with van der Waals surface area (Å²) in [6.07, 6.45) is -2.65. The Balaban J connectivity index is 1.84. The van der Waals surface area contributed by atoms with Crippen LogP contribution in [-0.4, -0.2) is 32.8 Å². The van der Waals surface area contributed by atoms with Gasteiger partial charge >= 0.3 is 6.18 Å². The van der Waals surface area contributed by atoms with Gasteiger partial charge in [-0.25, -0.2) is 0 Å². The zero-order valence-electron chi connectivity index (χ0n) is 12.8. The lowest BCUT2D eigenvalue weighted by molar-refractivity contribution is -0.153. The Morgan fingerprint density at radius 3 is 2.62 bits per heavy atom. The van der Waals surface area contributed by atoms with Gasteiger partial charge < -0.3 is 9.15 Å². The minimum absolute atomic E-state index is 0.0714. The summed E-state index contributed by atoms with van der Waals surface area (Å²) < 4.78 is 48.6. The van der Waals surface area contributed by atoms with Crippen molar-refractivity contribution in [3.05, 3.63) is 36.2 Å². The Hall–Kier alpha value is -2.84. The third kappa shape index (κ3) is 3.55. The van der Waals surface area contributed by atoms with Gasteiger partial charge in [-0.3, -0.25) is 4.68 Å². The van der Waals surface area contributed by atoms with E-state index in [1.165, 1.54) is 12.1 Å². The highest BCUT2D eigenvalue weighted by Gasteiger charge is 2.28. The van der Waals surface area contributed by atoms with Crippen LogP contribution in [0.15, 0.2) is 34.9 Å². The van der Waals surface area contributed by atoms with Crippen LogP contribution in [0.5, 0.6) is 5.75 Å². The van der Waals surface area contributed by atoms with Crippen LogP contribution in [-0.2, 0) is 7.05 Å². The van der Waals surface area contributed by atoms with E-state index in [0.29, 0.717) is 11.1 Å². The molecule has 6 nitrogen and oxygen atoms in total. The van der Waals surface area contributed by atoms with E-state index in [0.717, 1.165) is 5.69 Å². The summed E-state index contributed by atoms with van der Waals surface area (Å²) in [5, 5.41) is 12.1. The standard InChI is InChI=1S/C15H13F3N4O2/c1-9-12(7-22(2)21-9)14-20-19-13(24-14)10-4-3-5-11(6-10)23-8-15(16,17)18/h3-7H,8H2,1-2H3. The molecule has 0 spiro atoms. The van der Waals surface area contributed by atoms with Gasteiger partial charge in [0.25, 0.3) is 5.89 Å². The van der Waals surface area contributed by atoms with E-state index in [2.05, 4.69) is 15.3 Å². The molecule has 0 radical (unpaired) electrons. The van der Waals surface area contributed by atoms with Gasteiger partial charge in [-0.1, -0.05) is 6.07 Å². The lowest BCUT2D eigenvalue weighted by Crippen LogP contribution is -2.19. The molecule has 0 saturated heterocycles. The van der Waals surface area contributed by atoms with Gasteiger partial charge in [0.05, 0.1) is 11.3 Å². The second-order valence-electron chi connectivity index (χ2n) is 5.15. The lowest BCUT2D eigenvalue weighted by atomic mass is 10.2. The summed E-state index contributed by atoms with van der Waals surface area (Å²) in [6, 6.07) is 6.05. The summed E-state index contributed by atoms with van der Waals surface area (Å²) in [7, 11) is 1.77. The van der Waals surface area contributed by atoms with Crippen molar-refractivity contribution in [2.24, 2.45) is 7.05 Å². The molecule has 24 heavy (non-hydrogen) atoms. The van der Waals surface area contributed by atoms with E-state index >= 15 is 0 Å². The quantitative estimate of drug-likeness (QED) is 0.729. The fourth-order valence-corrected chi connectivity index (χ4v) is 2.14. The summed E-state index contributed by atoms with van der Waals surface area (Å²) in [5.41, 5.74) is 1.89. The fraction of sp³-hybridized carbons (Fsp3) is 0.267. The second-order valence-corrected chi connectivity index (χ2v) is 5.15. The Morgan fingerprint density at radius 2 is 1.96 bits per heavy atom. The van der Waals surface area contributed by atoms with E-state index < -0.39 is 12.8 Å². The number of hydrogen-bond acceptors (Lipinski definition) is 5. The number of alkyl halides is 3. The highest BCUT2D eigenvalue weighted by Crippen LogP contribution is 2.28. The molecule has 2 aromatic heterocycles. The van der Waals surface area contributed by atoms with Crippen molar-refractivity contribution in [3.63, 3.8) is 0 Å². The summed E-state index contributed by atoms with van der Waals surface area (Å²) >= 11 is 0. The molecule has 0 aliphatic carbocycles. The van der Waals surface area contributed by atoms with Gasteiger partial charge in [-0.05, 0) is 25.1 Å². The molecular formula is C15H13F3N4O2. The summed E-state index contributed by atoms with van der Waals surface area (Å²) in [4.78, 5) is 0. The predicted molar refractivity (Wildman–Crippen MR) is 78.2 cm³/mol. The third-order valence-corrected chi connectivity index (χ3v) is 3.15. The number of aryl methyl sites for hydroxylation is 2. The molecule has 0 aliphatic heterocycles. The number of nitrogens with zero attached hydrogens (tertiary/aromatic N) is 4. The Morgan fingerprint density at radius 1 is 1.21 bits per heavy atom. The summed E-state index contributed by atoms with van der Waals surface area (Å²) in [5.74, 6) is 0.546. The lowest BCUT2D eigenvalue weighted by Gasteiger charge is -2.09. The average Bonchev–Trinajstić information content (AvgIpc) is 3.11. The van der Waals surface area contributed by atoms with Crippen LogP contribution in [0, 0.1) is 6.92 Å². The minimum atomic E-state index is -4.40. The maximum Gasteiger partial charge on any atom is 0.422 e. The van der Waals surface area contributed by atoms with E-state index in [1.54, 1.807) is 30.1 Å². The first-order valence-electron chi connectivity index (χ1n) is 6.96. The zero-order chi connectivity index (χ0) is 17.3. The van der Waals surface area contributed by atoms with Gasteiger partial charge in [0, 0.05) is 18.8 Å². The number of ether oxygens (including phenoxy) is 1. The molecule has 0 aliphatic rings. The molecule has 0 bridgehead atoms. The van der Waals surface area contributed by atoms with Crippen LogP contribution in [0.1, 0.15) is 5.69 Å². The molecular weight excluding hydrogens is 325 g/mol. The predicted octanol–water partition coefficient (Wildman–Crippen LogP) is 3.39. The highest BCUT2D eigenvalue weighted by molar-refractivity contribution is 5.60. The van der Waals surface area contributed by atoms with Gasteiger partial charge in [0.1, 0.15) is 5.75 Å². The SMILES string of the molecule is Cc1nn(C)cc1-c1nnc(-c2cccc(OCC(F)(F)F)c2)o1. The maximum atomic E-state index is 12.2. The molecule has 126 valence electrons. The molecule has 9 heteroatoms. The van der Waals surface area contributed by atoms with Crippen molar-refractivity contribution in [2.45, 2.75) is 13.1 Å². The van der Waals surface area contributed by atoms with Crippen molar-refractivity contribution < 1.29 is 22.3 Å². The van der Waals surface area contributed by atoms with E-state index in [9.17, 15) is 13.2 Å². The topological polar surface area (TPSA) is 66.0 Å². The van der Waals surface area contributed by atoms with Crippen LogP contribution < -0.4 is 4.74 Å². The largest absolute Gasteiger partial charge is 0.484 e. The molecule has 2 heterocycles. The zero-order valence-corrected chi connectivity index (χ0v) is 12.8. The highest BCUT2D eigenvalue weighted by atomic mass is 19.4. The number of rotatable bonds is 4. The normalized spacial score (nSPS) is 11.7. The van der Waals surface area contributed by atoms with Crippen LogP contribution in [0.2, 0.25) is 0 Å². The van der Waals surface area contributed by atoms with Gasteiger partial charge in [-0.15, -0.1) is 10.2 Å². The Kier molecular flexibility index (Phi) is 4.00. The molecule has 3 aromatic rings. The van der Waals surface area contributed by atoms with E-state index in [4.69, 9.17) is 9.15 Å². The molecule has 1 aromatic carbocycles. The first kappa shape index (κ1) is 16.0. The number of hydrogen-bond donors (Lipinski definition) is 0. The Bertz CT molecular complexity index is 855. The average molecular weight is 338 g/mol. The fourth-order valence-electron chi connectivity index (χ4n) is 2.14. The maximum absolute atomic E-state index is 12.2. The van der Waals surface area contributed by atoms with Crippen molar-refractivity contribution >= 4 is 0 Å². The monoisotopic (exact) mass is 338 g/mol. The smallest absolute Gasteiger partial charge is 0.422 e. The van der Waals surface area contributed by atoms with Crippen LogP contribution in [0.3, 0.4) is 0 Å². The first-order valence-corrected chi connectivity index (χ1v) is 6.96. The van der Waals surface area contributed by atoms with Crippen molar-refractivity contribution in [1.82, 2.24) is 20.0 Å². The summed E-state index contributed by atoms with van der Waals surface area (Å²) in [6.45, 7) is 0.450. The van der Waals surface area contributed by atoms with Crippen LogP contribution >= 0.6 is 0 Å². The first-order chi connectivity index (χ1) is 11.3. The van der Waals surface area contributed by atoms with Gasteiger partial charge in [-0.2, -0.15) is 18.3 Å². The molecule has 0 fully saturated rings. The molecule has 0 saturated carbocycles. The molecule has 0 amide bonds. The minimum Gasteiger partial charge on any atom is -0.484 e. The number of halogens is 3. The van der Waals surface area contributed by atoms with E-state index in [-0.39, 0.29) is 17.5 Å². The van der Waals surface area contributed by atoms with Gasteiger partial charge in [0.2, 0.25) is 5.89 Å². The molecule has 0 unspecified atom stereocenters. The third-order valence-electron chi connectivity index (χ3n) is 3.15. The van der Waals surface area contributed by atoms with Crippen molar-refractivity contribution in [3.8, 4) is 28.7 Å². The number of benzene rings is 1. The van der Waals surface area contributed by atoms with Gasteiger partial charge in [0.15, 0.2) is 6.61 Å². The molecule has 0 atom stereocenters.